The number of nitrogens with one attached hydrogen (secondary N) is 1. The van der Waals surface area contributed by atoms with Gasteiger partial charge in [-0.05, 0) is 19.8 Å². The standard InChI is InChI=1S/C16H26N2O5/c1-11(15(20)17-7-8-22-2)23-16(21)12-9-14(19)18(10-12)13-5-3-4-6-13/h11-13H,3-10H2,1-2H3,(H,17,20)/t11-,12-/m0/s1. The van der Waals surface area contributed by atoms with Crippen LogP contribution in [0.1, 0.15) is 39.0 Å². The molecule has 0 unspecified atom stereocenters. The van der Waals surface area contributed by atoms with Crippen LogP contribution >= 0.6 is 0 Å². The number of carbonyl (C=O) groups is 3. The molecule has 23 heavy (non-hydrogen) atoms. The average molecular weight is 326 g/mol. The van der Waals surface area contributed by atoms with Crippen LogP contribution in [0, 0.1) is 5.92 Å². The average Bonchev–Trinajstić information content (AvgIpc) is 3.16. The molecule has 7 heteroatoms. The first-order valence-corrected chi connectivity index (χ1v) is 8.29. The van der Waals surface area contributed by atoms with Crippen molar-refractivity contribution in [3.8, 4) is 0 Å². The first kappa shape index (κ1) is 17.7. The van der Waals surface area contributed by atoms with Gasteiger partial charge in [-0.1, -0.05) is 12.8 Å². The van der Waals surface area contributed by atoms with Crippen molar-refractivity contribution >= 4 is 17.8 Å². The summed E-state index contributed by atoms with van der Waals surface area (Å²) in [7, 11) is 1.54. The zero-order valence-corrected chi connectivity index (χ0v) is 13.9. The van der Waals surface area contributed by atoms with E-state index in [4.69, 9.17) is 9.47 Å². The molecular weight excluding hydrogens is 300 g/mol. The number of rotatable bonds is 7. The molecule has 0 aromatic rings. The number of nitrogens with zero attached hydrogens (tertiary/aromatic N) is 1. The number of likely N-dealkylation sites (tertiary alicyclic amines) is 1. The number of hydrogen-bond acceptors (Lipinski definition) is 5. The van der Waals surface area contributed by atoms with Crippen LogP contribution < -0.4 is 5.32 Å². The maximum atomic E-state index is 12.2. The Morgan fingerprint density at radius 3 is 2.70 bits per heavy atom. The molecule has 1 aliphatic heterocycles. The number of ether oxygens (including phenoxy) is 2. The molecule has 130 valence electrons. The second kappa shape index (κ2) is 8.29. The van der Waals surface area contributed by atoms with Crippen LogP contribution in [0.4, 0.5) is 0 Å². The molecule has 0 radical (unpaired) electrons. The molecule has 0 spiro atoms. The van der Waals surface area contributed by atoms with Crippen molar-refractivity contribution in [3.05, 3.63) is 0 Å². The van der Waals surface area contributed by atoms with Crippen LogP contribution in [0.3, 0.4) is 0 Å². The van der Waals surface area contributed by atoms with Crippen LogP contribution in [0.15, 0.2) is 0 Å². The number of esters is 1. The van der Waals surface area contributed by atoms with Crippen LogP contribution in [-0.2, 0) is 23.9 Å². The lowest BCUT2D eigenvalue weighted by Gasteiger charge is -2.24. The van der Waals surface area contributed by atoms with Gasteiger partial charge in [-0.25, -0.2) is 0 Å². The molecule has 0 bridgehead atoms. The van der Waals surface area contributed by atoms with Crippen LogP contribution in [0.25, 0.3) is 0 Å². The predicted molar refractivity (Wildman–Crippen MR) is 82.5 cm³/mol. The first-order chi connectivity index (χ1) is 11.0. The largest absolute Gasteiger partial charge is 0.452 e. The van der Waals surface area contributed by atoms with E-state index in [0.29, 0.717) is 19.7 Å². The maximum Gasteiger partial charge on any atom is 0.312 e. The Kier molecular flexibility index (Phi) is 6.38. The molecule has 2 rings (SSSR count). The fourth-order valence-electron chi connectivity index (χ4n) is 3.20. The molecule has 0 aromatic heterocycles. The van der Waals surface area contributed by atoms with Gasteiger partial charge in [0.05, 0.1) is 12.5 Å². The van der Waals surface area contributed by atoms with Gasteiger partial charge in [0.1, 0.15) is 0 Å². The quantitative estimate of drug-likeness (QED) is 0.543. The van der Waals surface area contributed by atoms with Crippen molar-refractivity contribution < 1.29 is 23.9 Å². The van der Waals surface area contributed by atoms with Gasteiger partial charge >= 0.3 is 5.97 Å². The van der Waals surface area contributed by atoms with Gasteiger partial charge < -0.3 is 19.7 Å². The maximum absolute atomic E-state index is 12.2. The van der Waals surface area contributed by atoms with Crippen molar-refractivity contribution in [1.29, 1.82) is 0 Å². The van der Waals surface area contributed by atoms with E-state index in [1.165, 1.54) is 6.92 Å². The van der Waals surface area contributed by atoms with Crippen molar-refractivity contribution in [2.24, 2.45) is 5.92 Å². The number of amides is 2. The summed E-state index contributed by atoms with van der Waals surface area (Å²) in [6.07, 6.45) is 3.64. The fraction of sp³-hybridized carbons (Fsp3) is 0.812. The Labute approximate surface area is 136 Å². The van der Waals surface area contributed by atoms with E-state index < -0.39 is 18.0 Å². The van der Waals surface area contributed by atoms with E-state index >= 15 is 0 Å². The second-order valence-corrected chi connectivity index (χ2v) is 6.25. The molecule has 1 heterocycles. The molecule has 1 saturated carbocycles. The van der Waals surface area contributed by atoms with Gasteiger partial charge in [0.25, 0.3) is 5.91 Å². The third-order valence-corrected chi connectivity index (χ3v) is 4.52. The number of hydrogen-bond donors (Lipinski definition) is 1. The smallest absolute Gasteiger partial charge is 0.312 e. The minimum Gasteiger partial charge on any atom is -0.452 e. The highest BCUT2D eigenvalue weighted by atomic mass is 16.5. The molecular formula is C16H26N2O5. The Balaban J connectivity index is 1.79. The molecule has 1 N–H and O–H groups in total. The fourth-order valence-corrected chi connectivity index (χ4v) is 3.20. The summed E-state index contributed by atoms with van der Waals surface area (Å²) in [5.74, 6) is -1.26. The van der Waals surface area contributed by atoms with Crippen molar-refractivity contribution in [3.63, 3.8) is 0 Å². The van der Waals surface area contributed by atoms with Gasteiger partial charge in [-0.2, -0.15) is 0 Å². The third-order valence-electron chi connectivity index (χ3n) is 4.52. The molecule has 0 aromatic carbocycles. The van der Waals surface area contributed by atoms with E-state index in [9.17, 15) is 14.4 Å². The van der Waals surface area contributed by atoms with E-state index in [0.717, 1.165) is 25.7 Å². The van der Waals surface area contributed by atoms with Gasteiger partial charge in [0, 0.05) is 32.7 Å². The molecule has 2 aliphatic rings. The Morgan fingerprint density at radius 1 is 1.35 bits per heavy atom. The molecule has 2 atom stereocenters. The molecule has 2 amide bonds. The van der Waals surface area contributed by atoms with Crippen molar-refractivity contribution in [2.75, 3.05) is 26.8 Å². The van der Waals surface area contributed by atoms with E-state index in [1.54, 1.807) is 7.11 Å². The summed E-state index contributed by atoms with van der Waals surface area (Å²) in [4.78, 5) is 37.9. The monoisotopic (exact) mass is 326 g/mol. The van der Waals surface area contributed by atoms with Gasteiger partial charge in [-0.15, -0.1) is 0 Å². The first-order valence-electron chi connectivity index (χ1n) is 8.29. The Hall–Kier alpha value is -1.63. The van der Waals surface area contributed by atoms with Gasteiger partial charge in [-0.3, -0.25) is 14.4 Å². The highest BCUT2D eigenvalue weighted by Gasteiger charge is 2.40. The summed E-state index contributed by atoms with van der Waals surface area (Å²) in [5.41, 5.74) is 0. The summed E-state index contributed by atoms with van der Waals surface area (Å²) in [6.45, 7) is 2.72. The molecule has 1 aliphatic carbocycles. The summed E-state index contributed by atoms with van der Waals surface area (Å²) in [5, 5.41) is 2.62. The van der Waals surface area contributed by atoms with E-state index in [1.807, 2.05) is 4.90 Å². The van der Waals surface area contributed by atoms with Crippen molar-refractivity contribution in [1.82, 2.24) is 10.2 Å². The zero-order valence-electron chi connectivity index (χ0n) is 13.9. The van der Waals surface area contributed by atoms with Crippen LogP contribution in [0.5, 0.6) is 0 Å². The van der Waals surface area contributed by atoms with Crippen molar-refractivity contribution in [2.45, 2.75) is 51.2 Å². The minimum atomic E-state index is -0.866. The zero-order chi connectivity index (χ0) is 16.8. The normalized spacial score (nSPS) is 23.1. The SMILES string of the molecule is COCCNC(=O)[C@H](C)OC(=O)[C@H]1CC(=O)N(C2CCCC2)C1. The summed E-state index contributed by atoms with van der Waals surface area (Å²) in [6, 6.07) is 0.273. The second-order valence-electron chi connectivity index (χ2n) is 6.25. The minimum absolute atomic E-state index is 0.0241. The lowest BCUT2D eigenvalue weighted by atomic mass is 10.1. The number of carbonyl (C=O) groups excluding carboxylic acids is 3. The Morgan fingerprint density at radius 2 is 2.04 bits per heavy atom. The number of methoxy groups -OCH3 is 1. The predicted octanol–water partition coefficient (Wildman–Crippen LogP) is 0.472. The van der Waals surface area contributed by atoms with Gasteiger partial charge in [0.15, 0.2) is 6.10 Å². The Bertz CT molecular complexity index is 448. The highest BCUT2D eigenvalue weighted by molar-refractivity contribution is 5.89. The highest BCUT2D eigenvalue weighted by Crippen LogP contribution is 2.30. The topological polar surface area (TPSA) is 84.9 Å². The van der Waals surface area contributed by atoms with E-state index in [2.05, 4.69) is 5.32 Å². The van der Waals surface area contributed by atoms with Crippen LogP contribution in [0.2, 0.25) is 0 Å². The van der Waals surface area contributed by atoms with Crippen LogP contribution in [-0.4, -0.2) is 61.6 Å². The lowest BCUT2D eigenvalue weighted by Crippen LogP contribution is -2.39. The summed E-state index contributed by atoms with van der Waals surface area (Å²) >= 11 is 0. The molecule has 1 saturated heterocycles. The molecule has 7 nitrogen and oxygen atoms in total. The lowest BCUT2D eigenvalue weighted by molar-refractivity contribution is -0.158. The summed E-state index contributed by atoms with van der Waals surface area (Å²) < 4.78 is 10.1. The molecule has 2 fully saturated rings. The van der Waals surface area contributed by atoms with E-state index in [-0.39, 0.29) is 24.3 Å². The van der Waals surface area contributed by atoms with Gasteiger partial charge in [0.2, 0.25) is 5.91 Å². The third kappa shape index (κ3) is 4.67.